The summed E-state index contributed by atoms with van der Waals surface area (Å²) in [6.07, 6.45) is 3.19. The summed E-state index contributed by atoms with van der Waals surface area (Å²) in [6, 6.07) is 8.66. The van der Waals surface area contributed by atoms with Crippen molar-refractivity contribution in [3.8, 4) is 5.75 Å². The number of benzene rings is 1. The molecule has 2 rings (SSSR count). The van der Waals surface area contributed by atoms with Crippen molar-refractivity contribution in [1.82, 2.24) is 0 Å². The number of nitrogens with one attached hydrogen (secondary N) is 2. The zero-order valence-corrected chi connectivity index (χ0v) is 15.8. The van der Waals surface area contributed by atoms with Gasteiger partial charge in [-0.1, -0.05) is 0 Å². The fourth-order valence-electron chi connectivity index (χ4n) is 1.98. The molecule has 0 radical (unpaired) electrons. The number of anilines is 2. The zero-order chi connectivity index (χ0) is 18.4. The first kappa shape index (κ1) is 19.0. The van der Waals surface area contributed by atoms with E-state index >= 15 is 0 Å². The lowest BCUT2D eigenvalue weighted by Gasteiger charge is -2.12. The second-order valence-corrected chi connectivity index (χ2v) is 8.52. The molecule has 1 aromatic heterocycles. The largest absolute Gasteiger partial charge is 0.494 e. The van der Waals surface area contributed by atoms with Gasteiger partial charge in [-0.3, -0.25) is 9.52 Å². The van der Waals surface area contributed by atoms with Crippen LogP contribution in [0.4, 0.5) is 11.4 Å². The Kier molecular flexibility index (Phi) is 6.22. The average molecular weight is 380 g/mol. The van der Waals surface area contributed by atoms with E-state index in [1.807, 2.05) is 19.1 Å². The topological polar surface area (TPSA) is 84.5 Å². The van der Waals surface area contributed by atoms with Crippen molar-refractivity contribution in [3.05, 3.63) is 46.2 Å². The molecule has 0 unspecified atom stereocenters. The van der Waals surface area contributed by atoms with Crippen molar-refractivity contribution in [1.29, 1.82) is 0 Å². The van der Waals surface area contributed by atoms with E-state index in [1.165, 1.54) is 18.1 Å². The molecule has 0 atom stereocenters. The van der Waals surface area contributed by atoms with Crippen LogP contribution in [0, 0.1) is 6.92 Å². The Labute approximate surface area is 151 Å². The summed E-state index contributed by atoms with van der Waals surface area (Å²) in [6.45, 7) is 3.55. The normalized spacial score (nSPS) is 11.5. The molecule has 0 spiro atoms. The van der Waals surface area contributed by atoms with Crippen molar-refractivity contribution in [3.63, 3.8) is 0 Å². The first-order valence-electron chi connectivity index (χ1n) is 7.57. The van der Waals surface area contributed by atoms with Crippen LogP contribution < -0.4 is 14.8 Å². The molecule has 134 valence electrons. The summed E-state index contributed by atoms with van der Waals surface area (Å²) in [4.78, 5) is 14.2. The Morgan fingerprint density at radius 1 is 1.28 bits per heavy atom. The van der Waals surface area contributed by atoms with Gasteiger partial charge in [-0.25, -0.2) is 8.42 Å². The minimum absolute atomic E-state index is 0.0400. The number of carbonyl (C=O) groups is 1. The second kappa shape index (κ2) is 8.17. The average Bonchev–Trinajstić information content (AvgIpc) is 2.99. The molecule has 0 saturated carbocycles. The van der Waals surface area contributed by atoms with Crippen LogP contribution in [-0.4, -0.2) is 27.2 Å². The molecule has 2 aromatic rings. The molecule has 0 aliphatic heterocycles. The number of methoxy groups -OCH3 is 1. The highest BCUT2D eigenvalue weighted by Gasteiger charge is 2.12. The van der Waals surface area contributed by atoms with Gasteiger partial charge < -0.3 is 10.1 Å². The summed E-state index contributed by atoms with van der Waals surface area (Å²) < 4.78 is 31.0. The third kappa shape index (κ3) is 5.61. The molecule has 1 heterocycles. The van der Waals surface area contributed by atoms with Crippen molar-refractivity contribution >= 4 is 44.7 Å². The van der Waals surface area contributed by atoms with Gasteiger partial charge in [0.2, 0.25) is 15.9 Å². The van der Waals surface area contributed by atoms with Gasteiger partial charge in [0.1, 0.15) is 5.75 Å². The Bertz CT molecular complexity index is 886. The number of thiophene rings is 1. The summed E-state index contributed by atoms with van der Waals surface area (Å²) in [5.74, 6) is 0.00410. The van der Waals surface area contributed by atoms with Crippen LogP contribution in [0.2, 0.25) is 0 Å². The third-order valence-corrected chi connectivity index (χ3v) is 5.53. The van der Waals surface area contributed by atoms with Crippen molar-refractivity contribution in [2.75, 3.05) is 22.9 Å². The molecule has 0 fully saturated rings. The van der Waals surface area contributed by atoms with E-state index in [-0.39, 0.29) is 11.7 Å². The van der Waals surface area contributed by atoms with Crippen LogP contribution in [0.1, 0.15) is 16.7 Å². The van der Waals surface area contributed by atoms with E-state index in [4.69, 9.17) is 4.74 Å². The monoisotopic (exact) mass is 380 g/mol. The molecule has 8 heteroatoms. The maximum absolute atomic E-state index is 12.0. The third-order valence-electron chi connectivity index (χ3n) is 3.27. The molecule has 0 bridgehead atoms. The van der Waals surface area contributed by atoms with Gasteiger partial charge in [-0.05, 0) is 44.2 Å². The molecule has 0 aliphatic carbocycles. The highest BCUT2D eigenvalue weighted by Crippen LogP contribution is 2.29. The first-order valence-corrected chi connectivity index (χ1v) is 10.0. The minimum Gasteiger partial charge on any atom is -0.494 e. The number of carbonyl (C=O) groups excluding carboxylic acids is 1. The summed E-state index contributed by atoms with van der Waals surface area (Å²) >= 11 is 1.60. The first-order chi connectivity index (χ1) is 11.8. The van der Waals surface area contributed by atoms with E-state index in [0.717, 1.165) is 4.88 Å². The van der Waals surface area contributed by atoms with E-state index in [0.29, 0.717) is 17.1 Å². The molecule has 2 N–H and O–H groups in total. The standard InChI is InChI=1S/C17H20N2O4S2/c1-4-25(21,22)19-15-9-6-13(11-16(15)23-3)18-17(20)10-8-14-7-5-12(2)24-14/h5-11,19H,4H2,1-3H3,(H,18,20). The number of hydrogen-bond acceptors (Lipinski definition) is 5. The quantitative estimate of drug-likeness (QED) is 0.720. The molecular formula is C17H20N2O4S2. The van der Waals surface area contributed by atoms with Crippen molar-refractivity contribution in [2.24, 2.45) is 0 Å². The molecule has 0 aliphatic rings. The molecular weight excluding hydrogens is 360 g/mol. The minimum atomic E-state index is -3.41. The number of amides is 1. The van der Waals surface area contributed by atoms with Crippen LogP contribution in [0.3, 0.4) is 0 Å². The number of rotatable bonds is 7. The molecule has 1 amide bonds. The van der Waals surface area contributed by atoms with Crippen LogP contribution in [0.25, 0.3) is 6.08 Å². The highest BCUT2D eigenvalue weighted by molar-refractivity contribution is 7.92. The van der Waals surface area contributed by atoms with E-state index < -0.39 is 10.0 Å². The fraction of sp³-hybridized carbons (Fsp3) is 0.235. The predicted octanol–water partition coefficient (Wildman–Crippen LogP) is 3.48. The number of aryl methyl sites for hydroxylation is 1. The number of sulfonamides is 1. The second-order valence-electron chi connectivity index (χ2n) is 5.19. The van der Waals surface area contributed by atoms with E-state index in [2.05, 4.69) is 10.0 Å². The Morgan fingerprint density at radius 3 is 2.64 bits per heavy atom. The van der Waals surface area contributed by atoms with Gasteiger partial charge in [0.25, 0.3) is 0 Å². The lowest BCUT2D eigenvalue weighted by Crippen LogP contribution is -2.15. The maximum atomic E-state index is 12.0. The van der Waals surface area contributed by atoms with Gasteiger partial charge in [-0.15, -0.1) is 11.3 Å². The van der Waals surface area contributed by atoms with Crippen LogP contribution in [0.15, 0.2) is 36.4 Å². The summed E-state index contributed by atoms with van der Waals surface area (Å²) in [5, 5.41) is 2.72. The van der Waals surface area contributed by atoms with Gasteiger partial charge in [0, 0.05) is 27.6 Å². The van der Waals surface area contributed by atoms with Crippen molar-refractivity contribution in [2.45, 2.75) is 13.8 Å². The predicted molar refractivity (Wildman–Crippen MR) is 103 cm³/mol. The maximum Gasteiger partial charge on any atom is 0.248 e. The smallest absolute Gasteiger partial charge is 0.248 e. The summed E-state index contributed by atoms with van der Waals surface area (Å²) in [5.41, 5.74) is 0.834. The highest BCUT2D eigenvalue weighted by atomic mass is 32.2. The fourth-order valence-corrected chi connectivity index (χ4v) is 3.41. The summed E-state index contributed by atoms with van der Waals surface area (Å²) in [7, 11) is -1.97. The SMILES string of the molecule is CCS(=O)(=O)Nc1ccc(NC(=O)C=Cc2ccc(C)s2)cc1OC. The van der Waals surface area contributed by atoms with Gasteiger partial charge in [0.15, 0.2) is 0 Å². The molecule has 6 nitrogen and oxygen atoms in total. The van der Waals surface area contributed by atoms with Gasteiger partial charge >= 0.3 is 0 Å². The van der Waals surface area contributed by atoms with Crippen LogP contribution in [0.5, 0.6) is 5.75 Å². The zero-order valence-electron chi connectivity index (χ0n) is 14.2. The lowest BCUT2D eigenvalue weighted by atomic mass is 10.2. The van der Waals surface area contributed by atoms with Crippen LogP contribution >= 0.6 is 11.3 Å². The lowest BCUT2D eigenvalue weighted by molar-refractivity contribution is -0.111. The Balaban J connectivity index is 2.09. The van der Waals surface area contributed by atoms with Gasteiger partial charge in [0.05, 0.1) is 18.6 Å². The van der Waals surface area contributed by atoms with E-state index in [9.17, 15) is 13.2 Å². The van der Waals surface area contributed by atoms with Crippen LogP contribution in [-0.2, 0) is 14.8 Å². The number of hydrogen-bond donors (Lipinski definition) is 2. The molecule has 0 saturated heterocycles. The Morgan fingerprint density at radius 2 is 2.04 bits per heavy atom. The molecule has 25 heavy (non-hydrogen) atoms. The Hall–Kier alpha value is -2.32. The molecule has 1 aromatic carbocycles. The van der Waals surface area contributed by atoms with Gasteiger partial charge in [-0.2, -0.15) is 0 Å². The number of ether oxygens (including phenoxy) is 1. The van der Waals surface area contributed by atoms with E-state index in [1.54, 1.807) is 42.5 Å². The van der Waals surface area contributed by atoms with Crippen molar-refractivity contribution < 1.29 is 17.9 Å².